The summed E-state index contributed by atoms with van der Waals surface area (Å²) in [7, 11) is 0. The Morgan fingerprint density at radius 1 is 1.16 bits per heavy atom. The van der Waals surface area contributed by atoms with E-state index in [0.717, 1.165) is 11.4 Å². The van der Waals surface area contributed by atoms with Crippen LogP contribution in [0.25, 0.3) is 0 Å². The van der Waals surface area contributed by atoms with Crippen molar-refractivity contribution in [2.45, 2.75) is 18.9 Å². The van der Waals surface area contributed by atoms with E-state index in [1.807, 2.05) is 0 Å². The van der Waals surface area contributed by atoms with Gasteiger partial charge in [0.05, 0.1) is 11.1 Å². The molecule has 3 rings (SSSR count). The smallest absolute Gasteiger partial charge is 0.276 e. The first-order valence-electron chi connectivity index (χ1n) is 6.17. The van der Waals surface area contributed by atoms with Gasteiger partial charge in [0, 0.05) is 19.0 Å². The van der Waals surface area contributed by atoms with Crippen LogP contribution in [0.2, 0.25) is 0 Å². The number of carbonyl (C=O) groups excluding carboxylic acids is 3. The predicted octanol–water partition coefficient (Wildman–Crippen LogP) is 0.0658. The topological polar surface area (TPSA) is 78.5 Å². The summed E-state index contributed by atoms with van der Waals surface area (Å²) in [5.41, 5.74) is 3.64. The Bertz CT molecular complexity index is 535. The summed E-state index contributed by atoms with van der Waals surface area (Å²) in [6, 6.07) is 6.69. The Morgan fingerprint density at radius 3 is 2.32 bits per heavy atom. The minimum Gasteiger partial charge on any atom is -0.352 e. The minimum atomic E-state index is -0.343. The van der Waals surface area contributed by atoms with Crippen molar-refractivity contribution >= 4 is 17.7 Å². The maximum atomic E-state index is 12.0. The molecule has 6 heteroatoms. The van der Waals surface area contributed by atoms with Gasteiger partial charge in [0.1, 0.15) is 0 Å². The van der Waals surface area contributed by atoms with Crippen LogP contribution in [-0.4, -0.2) is 35.3 Å². The third-order valence-electron chi connectivity index (χ3n) is 3.37. The van der Waals surface area contributed by atoms with Crippen LogP contribution in [0.3, 0.4) is 0 Å². The van der Waals surface area contributed by atoms with Crippen molar-refractivity contribution in [1.29, 1.82) is 0 Å². The number of nitrogens with zero attached hydrogens (tertiary/aromatic N) is 1. The minimum absolute atomic E-state index is 0.00848. The monoisotopic (exact) mass is 259 g/mol. The zero-order valence-electron chi connectivity index (χ0n) is 10.2. The van der Waals surface area contributed by atoms with Crippen LogP contribution in [0.15, 0.2) is 24.3 Å². The number of carbonyl (C=O) groups is 3. The molecule has 0 aliphatic carbocycles. The number of benzene rings is 1. The predicted molar refractivity (Wildman–Crippen MR) is 66.1 cm³/mol. The Kier molecular flexibility index (Phi) is 2.79. The third-order valence-corrected chi connectivity index (χ3v) is 3.37. The Hall–Kier alpha value is -2.21. The summed E-state index contributed by atoms with van der Waals surface area (Å²) < 4.78 is 0. The van der Waals surface area contributed by atoms with Gasteiger partial charge in [0.25, 0.3) is 11.8 Å². The van der Waals surface area contributed by atoms with Gasteiger partial charge in [-0.15, -0.1) is 0 Å². The third kappa shape index (κ3) is 2.00. The number of imide groups is 1. The van der Waals surface area contributed by atoms with E-state index < -0.39 is 0 Å². The highest BCUT2D eigenvalue weighted by Crippen LogP contribution is 2.20. The maximum absolute atomic E-state index is 12.0. The van der Waals surface area contributed by atoms with E-state index >= 15 is 0 Å². The van der Waals surface area contributed by atoms with Crippen molar-refractivity contribution in [2.24, 2.45) is 0 Å². The van der Waals surface area contributed by atoms with Gasteiger partial charge in [-0.3, -0.25) is 14.4 Å². The number of amides is 3. The van der Waals surface area contributed by atoms with Crippen LogP contribution < -0.4 is 10.7 Å². The highest BCUT2D eigenvalue weighted by molar-refractivity contribution is 6.20. The van der Waals surface area contributed by atoms with Crippen molar-refractivity contribution in [3.8, 4) is 0 Å². The fourth-order valence-corrected chi connectivity index (χ4v) is 2.36. The average molecular weight is 259 g/mol. The second-order valence-electron chi connectivity index (χ2n) is 4.66. The molecule has 19 heavy (non-hydrogen) atoms. The molecule has 0 unspecified atom stereocenters. The number of hydrazine groups is 1. The van der Waals surface area contributed by atoms with Crippen LogP contribution in [0.5, 0.6) is 0 Å². The van der Waals surface area contributed by atoms with E-state index in [1.165, 1.54) is 0 Å². The summed E-state index contributed by atoms with van der Waals surface area (Å²) in [6.07, 6.45) is 1.21. The number of hydrogen-bond acceptors (Lipinski definition) is 4. The Balaban J connectivity index is 1.69. The molecule has 2 aliphatic rings. The largest absolute Gasteiger partial charge is 0.352 e. The molecule has 1 aromatic rings. The van der Waals surface area contributed by atoms with Crippen LogP contribution in [-0.2, 0) is 4.79 Å². The first kappa shape index (κ1) is 11.9. The highest BCUT2D eigenvalue weighted by atomic mass is 16.2. The lowest BCUT2D eigenvalue weighted by molar-refractivity contribution is -0.119. The lowest BCUT2D eigenvalue weighted by Gasteiger charge is -2.18. The molecule has 1 saturated heterocycles. The molecule has 0 spiro atoms. The van der Waals surface area contributed by atoms with Gasteiger partial charge < -0.3 is 5.32 Å². The zero-order chi connectivity index (χ0) is 13.4. The second kappa shape index (κ2) is 4.47. The lowest BCUT2D eigenvalue weighted by atomic mass is 10.1. The van der Waals surface area contributed by atoms with Gasteiger partial charge in [0.2, 0.25) is 5.91 Å². The number of hydrogen-bond donors (Lipinski definition) is 2. The fraction of sp³-hybridized carbons (Fsp3) is 0.308. The Labute approximate surface area is 109 Å². The molecule has 6 nitrogen and oxygen atoms in total. The molecule has 2 N–H and O–H groups in total. The molecule has 0 aromatic heterocycles. The van der Waals surface area contributed by atoms with Crippen LogP contribution in [0, 0.1) is 0 Å². The Morgan fingerprint density at radius 2 is 1.79 bits per heavy atom. The highest BCUT2D eigenvalue weighted by Gasteiger charge is 2.35. The average Bonchev–Trinajstić information content (AvgIpc) is 2.93. The summed E-state index contributed by atoms with van der Waals surface area (Å²) >= 11 is 0. The second-order valence-corrected chi connectivity index (χ2v) is 4.66. The van der Waals surface area contributed by atoms with Gasteiger partial charge in [-0.2, -0.15) is 0 Å². The van der Waals surface area contributed by atoms with E-state index in [9.17, 15) is 14.4 Å². The zero-order valence-corrected chi connectivity index (χ0v) is 10.2. The van der Waals surface area contributed by atoms with Crippen LogP contribution >= 0.6 is 0 Å². The number of fused-ring (bicyclic) bond motifs is 1. The molecule has 3 amide bonds. The van der Waals surface area contributed by atoms with Crippen LogP contribution in [0.1, 0.15) is 33.6 Å². The van der Waals surface area contributed by atoms with Crippen molar-refractivity contribution in [1.82, 2.24) is 15.8 Å². The molecule has 0 bridgehead atoms. The quantitative estimate of drug-likeness (QED) is 0.753. The van der Waals surface area contributed by atoms with E-state index in [0.29, 0.717) is 24.1 Å². The van der Waals surface area contributed by atoms with Gasteiger partial charge in [-0.1, -0.05) is 12.1 Å². The van der Waals surface area contributed by atoms with Crippen molar-refractivity contribution in [3.63, 3.8) is 0 Å². The lowest BCUT2D eigenvalue weighted by Crippen LogP contribution is -2.47. The van der Waals surface area contributed by atoms with Crippen molar-refractivity contribution in [3.05, 3.63) is 35.4 Å². The van der Waals surface area contributed by atoms with Gasteiger partial charge in [0.15, 0.2) is 0 Å². The molecule has 2 aliphatic heterocycles. The van der Waals surface area contributed by atoms with E-state index in [-0.39, 0.29) is 23.8 Å². The summed E-state index contributed by atoms with van der Waals surface area (Å²) in [6.45, 7) is 0.372. The van der Waals surface area contributed by atoms with Gasteiger partial charge >= 0.3 is 0 Å². The molecule has 98 valence electrons. The SMILES string of the molecule is O=C1CC[C@H](CNN2C(=O)c3ccccc3C2=O)N1. The summed E-state index contributed by atoms with van der Waals surface area (Å²) in [5, 5.41) is 3.80. The summed E-state index contributed by atoms with van der Waals surface area (Å²) in [4.78, 5) is 35.1. The number of rotatable bonds is 3. The first-order valence-corrected chi connectivity index (χ1v) is 6.17. The maximum Gasteiger partial charge on any atom is 0.276 e. The molecular formula is C13H13N3O3. The van der Waals surface area contributed by atoms with Crippen LogP contribution in [0.4, 0.5) is 0 Å². The van der Waals surface area contributed by atoms with E-state index in [2.05, 4.69) is 10.7 Å². The molecule has 0 saturated carbocycles. The first-order chi connectivity index (χ1) is 9.16. The molecule has 1 fully saturated rings. The van der Waals surface area contributed by atoms with Gasteiger partial charge in [-0.05, 0) is 18.6 Å². The normalized spacial score (nSPS) is 21.8. The number of nitrogens with one attached hydrogen (secondary N) is 2. The van der Waals surface area contributed by atoms with E-state index in [4.69, 9.17) is 0 Å². The standard InChI is InChI=1S/C13H13N3O3/c17-11-6-5-8(15-11)7-14-16-12(18)9-3-1-2-4-10(9)13(16)19/h1-4,8,14H,5-7H2,(H,15,17)/t8-/m1/s1. The van der Waals surface area contributed by atoms with Crippen molar-refractivity contribution in [2.75, 3.05) is 6.54 Å². The fourth-order valence-electron chi connectivity index (χ4n) is 2.36. The van der Waals surface area contributed by atoms with Gasteiger partial charge in [-0.25, -0.2) is 10.4 Å². The molecule has 0 radical (unpaired) electrons. The summed E-state index contributed by atoms with van der Waals surface area (Å²) in [5.74, 6) is -0.677. The van der Waals surface area contributed by atoms with Crippen molar-refractivity contribution < 1.29 is 14.4 Å². The molecule has 1 aromatic carbocycles. The molecular weight excluding hydrogens is 246 g/mol. The van der Waals surface area contributed by atoms with E-state index in [1.54, 1.807) is 24.3 Å². The molecule has 1 atom stereocenters. The molecule has 2 heterocycles.